The van der Waals surface area contributed by atoms with Crippen molar-refractivity contribution in [2.45, 2.75) is 25.9 Å². The summed E-state index contributed by atoms with van der Waals surface area (Å²) in [7, 11) is -0.0167. The molecule has 0 heterocycles. The fraction of sp³-hybridized carbons (Fsp3) is 0.455. The maximum absolute atomic E-state index is 2.35. The van der Waals surface area contributed by atoms with Crippen molar-refractivity contribution in [1.29, 1.82) is 0 Å². The molecule has 0 aromatic heterocycles. The monoisotopic (exact) mass is 191 g/mol. The Morgan fingerprint density at radius 3 is 1.85 bits per heavy atom. The van der Waals surface area contributed by atoms with Gasteiger partial charge in [0.25, 0.3) is 0 Å². The second kappa shape index (κ2) is 4.81. The van der Waals surface area contributed by atoms with Crippen LogP contribution in [0.2, 0.25) is 0 Å². The third-order valence-electron chi connectivity index (χ3n) is 2.15. The van der Waals surface area contributed by atoms with Crippen LogP contribution in [0.3, 0.4) is 0 Å². The average Bonchev–Trinajstić information content (AvgIpc) is 2.03. The Morgan fingerprint density at radius 2 is 1.46 bits per heavy atom. The molecule has 0 spiro atoms. The van der Waals surface area contributed by atoms with Gasteiger partial charge in [0.15, 0.2) is 0 Å². The summed E-state index contributed by atoms with van der Waals surface area (Å²) < 4.78 is 0. The number of rotatable bonds is 1. The van der Waals surface area contributed by atoms with Gasteiger partial charge >= 0.3 is 0 Å². The molecule has 0 nitrogen and oxygen atoms in total. The summed E-state index contributed by atoms with van der Waals surface area (Å²) in [5.74, 6) is 0. The highest BCUT2D eigenvalue weighted by molar-refractivity contribution is 7.66. The van der Waals surface area contributed by atoms with Gasteiger partial charge in [0.1, 0.15) is 0 Å². The zero-order valence-corrected chi connectivity index (χ0v) is 9.81. The maximum atomic E-state index is 2.35. The smallest absolute Gasteiger partial charge is 0 e. The van der Waals surface area contributed by atoms with Crippen LogP contribution in [-0.2, 0) is 0 Å². The Hall–Kier alpha value is -0.285. The quantitative estimate of drug-likeness (QED) is 0.472. The van der Waals surface area contributed by atoms with Crippen LogP contribution in [0.1, 0.15) is 20.8 Å². The van der Waals surface area contributed by atoms with Crippen molar-refractivity contribution in [3.63, 3.8) is 0 Å². The minimum atomic E-state index is -0.0167. The first-order valence-corrected chi connectivity index (χ1v) is 6.09. The third kappa shape index (κ3) is 3.52. The lowest BCUT2D eigenvalue weighted by molar-refractivity contribution is 0.791. The SMILES string of the molecule is CP(c1ccccc1)C(C)(C)C.[B]. The van der Waals surface area contributed by atoms with Gasteiger partial charge in [-0.05, 0) is 17.1 Å². The summed E-state index contributed by atoms with van der Waals surface area (Å²) in [6.07, 6.45) is 0. The van der Waals surface area contributed by atoms with Crippen LogP contribution in [0.15, 0.2) is 30.3 Å². The standard InChI is InChI=1S/C11H17P.B/c1-11(2,3)12(4)10-8-6-5-7-9-10;/h5-9H,1-4H3;. The molecular weight excluding hydrogens is 174 g/mol. The molecule has 0 saturated heterocycles. The van der Waals surface area contributed by atoms with E-state index in [0.717, 1.165) is 0 Å². The highest BCUT2D eigenvalue weighted by Crippen LogP contribution is 2.44. The summed E-state index contributed by atoms with van der Waals surface area (Å²) in [6, 6.07) is 10.8. The zero-order chi connectivity index (χ0) is 9.19. The van der Waals surface area contributed by atoms with Crippen molar-refractivity contribution in [2.75, 3.05) is 6.66 Å². The summed E-state index contributed by atoms with van der Waals surface area (Å²) >= 11 is 0. The molecule has 0 bridgehead atoms. The molecule has 0 amide bonds. The Labute approximate surface area is 85.1 Å². The molecule has 1 aromatic rings. The predicted octanol–water partition coefficient (Wildman–Crippen LogP) is 2.84. The van der Waals surface area contributed by atoms with E-state index < -0.39 is 0 Å². The minimum Gasteiger partial charge on any atom is -0.0730 e. The summed E-state index contributed by atoms with van der Waals surface area (Å²) in [4.78, 5) is 0. The van der Waals surface area contributed by atoms with E-state index in [2.05, 4.69) is 57.8 Å². The molecule has 0 fully saturated rings. The Balaban J connectivity index is 0.00000144. The third-order valence-corrected chi connectivity index (χ3v) is 5.23. The van der Waals surface area contributed by atoms with Crippen LogP contribution in [-0.4, -0.2) is 20.2 Å². The van der Waals surface area contributed by atoms with Crippen molar-refractivity contribution in [3.05, 3.63) is 30.3 Å². The minimum absolute atomic E-state index is 0. The molecule has 0 aliphatic rings. The second-order valence-electron chi connectivity index (χ2n) is 4.07. The largest absolute Gasteiger partial charge is 0.0730 e. The van der Waals surface area contributed by atoms with Gasteiger partial charge in [-0.3, -0.25) is 0 Å². The molecule has 0 aliphatic heterocycles. The topological polar surface area (TPSA) is 0 Å². The molecule has 0 N–H and O–H groups in total. The van der Waals surface area contributed by atoms with Crippen LogP contribution < -0.4 is 5.30 Å². The van der Waals surface area contributed by atoms with Gasteiger partial charge < -0.3 is 0 Å². The lowest BCUT2D eigenvalue weighted by Crippen LogP contribution is -2.17. The lowest BCUT2D eigenvalue weighted by atomic mass is 10.3. The summed E-state index contributed by atoms with van der Waals surface area (Å²) in [5, 5.41) is 1.93. The van der Waals surface area contributed by atoms with Gasteiger partial charge in [0, 0.05) is 8.41 Å². The van der Waals surface area contributed by atoms with Crippen molar-refractivity contribution >= 4 is 21.6 Å². The number of hydrogen-bond acceptors (Lipinski definition) is 0. The van der Waals surface area contributed by atoms with Gasteiger partial charge in [-0.25, -0.2) is 0 Å². The van der Waals surface area contributed by atoms with Crippen LogP contribution >= 0.6 is 7.92 Å². The van der Waals surface area contributed by atoms with Crippen molar-refractivity contribution in [1.82, 2.24) is 0 Å². The number of benzene rings is 1. The molecule has 3 radical (unpaired) electrons. The van der Waals surface area contributed by atoms with Gasteiger partial charge in [0.2, 0.25) is 0 Å². The molecule has 1 atom stereocenters. The van der Waals surface area contributed by atoms with E-state index in [-0.39, 0.29) is 16.3 Å². The highest BCUT2D eigenvalue weighted by Gasteiger charge is 2.20. The normalized spacial score (nSPS) is 13.2. The molecule has 13 heavy (non-hydrogen) atoms. The van der Waals surface area contributed by atoms with E-state index >= 15 is 0 Å². The van der Waals surface area contributed by atoms with Crippen molar-refractivity contribution in [3.8, 4) is 0 Å². The summed E-state index contributed by atoms with van der Waals surface area (Å²) in [6.45, 7) is 9.29. The van der Waals surface area contributed by atoms with Crippen LogP contribution in [0, 0.1) is 0 Å². The first-order valence-electron chi connectivity index (χ1n) is 4.31. The molecule has 1 aromatic carbocycles. The van der Waals surface area contributed by atoms with E-state index in [4.69, 9.17) is 0 Å². The second-order valence-corrected chi connectivity index (χ2v) is 7.04. The molecule has 69 valence electrons. The van der Waals surface area contributed by atoms with Crippen LogP contribution in [0.5, 0.6) is 0 Å². The molecule has 2 heteroatoms. The molecular formula is C11H17BP. The first-order chi connectivity index (χ1) is 5.52. The highest BCUT2D eigenvalue weighted by atomic mass is 31.1. The summed E-state index contributed by atoms with van der Waals surface area (Å²) in [5.41, 5.74) is 0. The predicted molar refractivity (Wildman–Crippen MR) is 64.4 cm³/mol. The van der Waals surface area contributed by atoms with E-state index in [1.54, 1.807) is 0 Å². The van der Waals surface area contributed by atoms with Crippen LogP contribution in [0.25, 0.3) is 0 Å². The average molecular weight is 191 g/mol. The maximum Gasteiger partial charge on any atom is 0 e. The fourth-order valence-corrected chi connectivity index (χ4v) is 2.43. The Kier molecular flexibility index (Phi) is 4.71. The lowest BCUT2D eigenvalue weighted by Gasteiger charge is -2.28. The van der Waals surface area contributed by atoms with E-state index in [0.29, 0.717) is 5.16 Å². The van der Waals surface area contributed by atoms with Crippen LogP contribution in [0.4, 0.5) is 0 Å². The van der Waals surface area contributed by atoms with E-state index in [9.17, 15) is 0 Å². The van der Waals surface area contributed by atoms with Gasteiger partial charge in [0.05, 0.1) is 0 Å². The van der Waals surface area contributed by atoms with Gasteiger partial charge in [-0.15, -0.1) is 0 Å². The Bertz CT molecular complexity index is 238. The van der Waals surface area contributed by atoms with Gasteiger partial charge in [-0.2, -0.15) is 0 Å². The van der Waals surface area contributed by atoms with Gasteiger partial charge in [-0.1, -0.05) is 59.0 Å². The zero-order valence-electron chi connectivity index (χ0n) is 8.91. The first kappa shape index (κ1) is 12.7. The molecule has 0 aliphatic carbocycles. The van der Waals surface area contributed by atoms with E-state index in [1.807, 2.05) is 0 Å². The molecule has 1 rings (SSSR count). The molecule has 1 unspecified atom stereocenters. The fourth-order valence-electron chi connectivity index (χ4n) is 1.04. The number of hydrogen-bond donors (Lipinski definition) is 0. The van der Waals surface area contributed by atoms with E-state index in [1.165, 1.54) is 5.30 Å². The van der Waals surface area contributed by atoms with Crippen molar-refractivity contribution < 1.29 is 0 Å². The Morgan fingerprint density at radius 1 is 1.00 bits per heavy atom. The van der Waals surface area contributed by atoms with Crippen molar-refractivity contribution in [2.24, 2.45) is 0 Å². The molecule has 0 saturated carbocycles.